The number of carbonyl (C=O) groups is 1. The number of aromatic nitrogens is 2. The van der Waals surface area contributed by atoms with Crippen LogP contribution in [0.2, 0.25) is 0 Å². The smallest absolute Gasteiger partial charge is 0.416 e. The van der Waals surface area contributed by atoms with Crippen molar-refractivity contribution in [1.29, 1.82) is 0 Å². The Morgan fingerprint density at radius 3 is 2.71 bits per heavy atom. The molecule has 8 heteroatoms. The molecule has 3 aromatic rings. The summed E-state index contributed by atoms with van der Waals surface area (Å²) in [5.74, 6) is 0.141. The van der Waals surface area contributed by atoms with Crippen molar-refractivity contribution in [3.63, 3.8) is 0 Å². The number of amides is 1. The van der Waals surface area contributed by atoms with E-state index in [1.165, 1.54) is 6.07 Å². The zero-order chi connectivity index (χ0) is 19.9. The summed E-state index contributed by atoms with van der Waals surface area (Å²) < 4.78 is 46.5. The van der Waals surface area contributed by atoms with Crippen molar-refractivity contribution in [3.8, 4) is 11.4 Å². The predicted octanol–water partition coefficient (Wildman–Crippen LogP) is 4.37. The number of carbonyl (C=O) groups excluding carboxylic acids is 1. The largest absolute Gasteiger partial charge is 0.497 e. The van der Waals surface area contributed by atoms with E-state index in [1.54, 1.807) is 42.3 Å². The summed E-state index contributed by atoms with van der Waals surface area (Å²) in [5.41, 5.74) is 1.04. The molecule has 1 aliphatic heterocycles. The highest BCUT2D eigenvalue weighted by Gasteiger charge is 2.34. The summed E-state index contributed by atoms with van der Waals surface area (Å²) in [5, 5.41) is 2.70. The molecular formula is C20H16F3N3O2. The van der Waals surface area contributed by atoms with Gasteiger partial charge in [-0.1, -0.05) is 24.3 Å². The van der Waals surface area contributed by atoms with E-state index in [1.807, 2.05) is 6.07 Å². The lowest BCUT2D eigenvalue weighted by Crippen LogP contribution is -2.25. The van der Waals surface area contributed by atoms with Crippen LogP contribution in [0.3, 0.4) is 0 Å². The molecule has 1 N–H and O–H groups in total. The van der Waals surface area contributed by atoms with Crippen molar-refractivity contribution in [3.05, 3.63) is 71.7 Å². The average molecular weight is 387 g/mol. The molecule has 1 amide bonds. The van der Waals surface area contributed by atoms with E-state index in [4.69, 9.17) is 4.74 Å². The highest BCUT2D eigenvalue weighted by atomic mass is 19.4. The first-order valence-corrected chi connectivity index (χ1v) is 8.55. The molecule has 28 heavy (non-hydrogen) atoms. The zero-order valence-corrected chi connectivity index (χ0v) is 14.8. The van der Waals surface area contributed by atoms with E-state index in [2.05, 4.69) is 10.3 Å². The van der Waals surface area contributed by atoms with Gasteiger partial charge in [-0.15, -0.1) is 0 Å². The molecule has 0 fully saturated rings. The summed E-state index contributed by atoms with van der Waals surface area (Å²) in [7, 11) is 1.55. The molecule has 5 nitrogen and oxygen atoms in total. The second kappa shape index (κ2) is 6.70. The number of rotatable bonds is 3. The second-order valence-corrected chi connectivity index (χ2v) is 6.48. The van der Waals surface area contributed by atoms with E-state index in [-0.39, 0.29) is 12.3 Å². The molecule has 0 saturated carbocycles. The van der Waals surface area contributed by atoms with Crippen molar-refractivity contribution in [2.45, 2.75) is 18.5 Å². The van der Waals surface area contributed by atoms with Gasteiger partial charge in [0.1, 0.15) is 12.1 Å². The maximum Gasteiger partial charge on any atom is 0.416 e. The lowest BCUT2D eigenvalue weighted by molar-refractivity contribution is -0.137. The number of hydrogen-bond donors (Lipinski definition) is 1. The van der Waals surface area contributed by atoms with E-state index in [0.29, 0.717) is 22.8 Å². The summed E-state index contributed by atoms with van der Waals surface area (Å²) in [6, 6.07) is 12.3. The monoisotopic (exact) mass is 387 g/mol. The van der Waals surface area contributed by atoms with Crippen LogP contribution in [0, 0.1) is 0 Å². The molecule has 0 spiro atoms. The SMILES string of the molecule is COc1cccc(-n2cnc3c2[C@@H](c2cccc(C(F)(F)F)c2)CC(=O)N3)c1. The van der Waals surface area contributed by atoms with Gasteiger partial charge in [0.05, 0.1) is 24.1 Å². The van der Waals surface area contributed by atoms with Gasteiger partial charge in [-0.3, -0.25) is 4.79 Å². The van der Waals surface area contributed by atoms with E-state index >= 15 is 0 Å². The molecular weight excluding hydrogens is 371 g/mol. The highest BCUT2D eigenvalue weighted by Crippen LogP contribution is 2.40. The van der Waals surface area contributed by atoms with Crippen LogP contribution in [0.4, 0.5) is 19.0 Å². The molecule has 0 saturated heterocycles. The third-order valence-electron chi connectivity index (χ3n) is 4.73. The van der Waals surface area contributed by atoms with Crippen LogP contribution in [0.5, 0.6) is 5.75 Å². The van der Waals surface area contributed by atoms with Crippen molar-refractivity contribution in [1.82, 2.24) is 9.55 Å². The normalized spacial score (nSPS) is 16.4. The topological polar surface area (TPSA) is 56.2 Å². The van der Waals surface area contributed by atoms with Crippen LogP contribution < -0.4 is 10.1 Å². The predicted molar refractivity (Wildman–Crippen MR) is 96.6 cm³/mol. The summed E-state index contributed by atoms with van der Waals surface area (Å²) in [6.07, 6.45) is -2.88. The van der Waals surface area contributed by atoms with Gasteiger partial charge in [-0.05, 0) is 23.8 Å². The minimum atomic E-state index is -4.46. The maximum absolute atomic E-state index is 13.2. The first kappa shape index (κ1) is 18.1. The number of alkyl halides is 3. The van der Waals surface area contributed by atoms with Crippen molar-refractivity contribution in [2.24, 2.45) is 0 Å². The lowest BCUT2D eigenvalue weighted by atomic mass is 9.88. The molecule has 0 radical (unpaired) electrons. The van der Waals surface area contributed by atoms with E-state index < -0.39 is 17.7 Å². The number of methoxy groups -OCH3 is 1. The Kier molecular flexibility index (Phi) is 4.33. The summed E-state index contributed by atoms with van der Waals surface area (Å²) in [4.78, 5) is 16.4. The maximum atomic E-state index is 13.2. The first-order chi connectivity index (χ1) is 13.4. The standard InChI is InChI=1S/C20H16F3N3O2/c1-28-15-7-3-6-14(9-15)26-11-24-19-18(26)16(10-17(27)25-19)12-4-2-5-13(8-12)20(21,22)23/h2-9,11,16H,10H2,1H3,(H,25,27)/t16-/m1/s1. The van der Waals surface area contributed by atoms with Crippen LogP contribution in [0.1, 0.15) is 29.2 Å². The Morgan fingerprint density at radius 1 is 1.18 bits per heavy atom. The number of ether oxygens (including phenoxy) is 1. The number of anilines is 1. The molecule has 2 aromatic carbocycles. The van der Waals surface area contributed by atoms with Crippen LogP contribution in [0.25, 0.3) is 5.69 Å². The van der Waals surface area contributed by atoms with E-state index in [0.717, 1.165) is 17.8 Å². The number of imidazole rings is 1. The molecule has 0 unspecified atom stereocenters. The first-order valence-electron chi connectivity index (χ1n) is 8.55. The van der Waals surface area contributed by atoms with Crippen LogP contribution in [-0.2, 0) is 11.0 Å². The third kappa shape index (κ3) is 3.21. The molecule has 0 bridgehead atoms. The quantitative estimate of drug-likeness (QED) is 0.726. The Balaban J connectivity index is 1.85. The molecule has 1 aliphatic rings. The average Bonchev–Trinajstić information content (AvgIpc) is 3.10. The van der Waals surface area contributed by atoms with Gasteiger partial charge in [0, 0.05) is 18.4 Å². The van der Waals surface area contributed by atoms with Gasteiger partial charge >= 0.3 is 6.18 Å². The van der Waals surface area contributed by atoms with Gasteiger partial charge in [0.15, 0.2) is 5.82 Å². The minimum absolute atomic E-state index is 0.0317. The lowest BCUT2D eigenvalue weighted by Gasteiger charge is -2.25. The van der Waals surface area contributed by atoms with Crippen molar-refractivity contribution < 1.29 is 22.7 Å². The number of halogens is 3. The van der Waals surface area contributed by atoms with Gasteiger partial charge in [-0.25, -0.2) is 4.98 Å². The molecule has 4 rings (SSSR count). The fourth-order valence-electron chi connectivity index (χ4n) is 3.43. The fraction of sp³-hybridized carbons (Fsp3) is 0.200. The minimum Gasteiger partial charge on any atom is -0.497 e. The van der Waals surface area contributed by atoms with Crippen molar-refractivity contribution in [2.75, 3.05) is 12.4 Å². The Morgan fingerprint density at radius 2 is 1.96 bits per heavy atom. The molecule has 1 atom stereocenters. The number of nitrogens with zero attached hydrogens (tertiary/aromatic N) is 2. The molecule has 2 heterocycles. The summed E-state index contributed by atoms with van der Waals surface area (Å²) in [6.45, 7) is 0. The van der Waals surface area contributed by atoms with Gasteiger partial charge < -0.3 is 14.6 Å². The molecule has 1 aromatic heterocycles. The number of benzene rings is 2. The van der Waals surface area contributed by atoms with E-state index in [9.17, 15) is 18.0 Å². The van der Waals surface area contributed by atoms with Gasteiger partial charge in [0.25, 0.3) is 0 Å². The van der Waals surface area contributed by atoms with Crippen molar-refractivity contribution >= 4 is 11.7 Å². The van der Waals surface area contributed by atoms with Gasteiger partial charge in [-0.2, -0.15) is 13.2 Å². The Labute approximate surface area is 158 Å². The van der Waals surface area contributed by atoms with Crippen LogP contribution in [0.15, 0.2) is 54.9 Å². The zero-order valence-electron chi connectivity index (χ0n) is 14.8. The molecule has 0 aliphatic carbocycles. The molecule has 144 valence electrons. The number of hydrogen-bond acceptors (Lipinski definition) is 3. The van der Waals surface area contributed by atoms with Crippen LogP contribution >= 0.6 is 0 Å². The third-order valence-corrected chi connectivity index (χ3v) is 4.73. The number of nitrogens with one attached hydrogen (secondary N) is 1. The van der Waals surface area contributed by atoms with Crippen LogP contribution in [-0.4, -0.2) is 22.6 Å². The fourth-order valence-corrected chi connectivity index (χ4v) is 3.43. The highest BCUT2D eigenvalue weighted by molar-refractivity contribution is 5.94. The Bertz CT molecular complexity index is 1040. The second-order valence-electron chi connectivity index (χ2n) is 6.48. The number of fused-ring (bicyclic) bond motifs is 1. The summed E-state index contributed by atoms with van der Waals surface area (Å²) >= 11 is 0. The Hall–Kier alpha value is -3.29. The van der Waals surface area contributed by atoms with Gasteiger partial charge in [0.2, 0.25) is 5.91 Å².